The van der Waals surface area contributed by atoms with Crippen LogP contribution in [-0.4, -0.2) is 37.0 Å². The summed E-state index contributed by atoms with van der Waals surface area (Å²) in [7, 11) is -3.96. The molecular formula is C10H12BrFN2O3S. The molecule has 0 saturated carbocycles. The molecule has 1 aliphatic rings. The Kier molecular flexibility index (Phi) is 3.63. The van der Waals surface area contributed by atoms with E-state index in [1.165, 1.54) is 6.07 Å². The first-order valence-electron chi connectivity index (χ1n) is 5.25. The van der Waals surface area contributed by atoms with E-state index in [9.17, 15) is 17.9 Å². The van der Waals surface area contributed by atoms with E-state index in [1.54, 1.807) is 0 Å². The number of sulfonamides is 1. The highest BCUT2D eigenvalue weighted by molar-refractivity contribution is 9.10. The molecule has 5 nitrogen and oxygen atoms in total. The van der Waals surface area contributed by atoms with E-state index in [-0.39, 0.29) is 23.2 Å². The number of hydrogen-bond donors (Lipinski definition) is 2. The van der Waals surface area contributed by atoms with E-state index < -0.39 is 26.8 Å². The smallest absolute Gasteiger partial charge is 0.246 e. The average Bonchev–Trinajstić information content (AvgIpc) is 2.70. The summed E-state index contributed by atoms with van der Waals surface area (Å²) in [5.41, 5.74) is 5.68. The van der Waals surface area contributed by atoms with Crippen molar-refractivity contribution in [1.82, 2.24) is 4.31 Å². The van der Waals surface area contributed by atoms with Crippen LogP contribution in [0.15, 0.2) is 21.5 Å². The molecule has 2 rings (SSSR count). The number of aliphatic hydroxyl groups is 1. The molecule has 0 radical (unpaired) electrons. The second-order valence-electron chi connectivity index (χ2n) is 4.12. The van der Waals surface area contributed by atoms with Crippen molar-refractivity contribution in [2.75, 3.05) is 18.8 Å². The fourth-order valence-electron chi connectivity index (χ4n) is 1.84. The monoisotopic (exact) mass is 338 g/mol. The summed E-state index contributed by atoms with van der Waals surface area (Å²) in [5.74, 6) is -0.870. The minimum Gasteiger partial charge on any atom is -0.399 e. The molecule has 1 aromatic rings. The summed E-state index contributed by atoms with van der Waals surface area (Å²) in [6.45, 7) is 0.156. The van der Waals surface area contributed by atoms with E-state index in [0.717, 1.165) is 10.4 Å². The molecule has 100 valence electrons. The molecule has 8 heteroatoms. The second kappa shape index (κ2) is 4.76. The highest BCUT2D eigenvalue weighted by atomic mass is 79.9. The van der Waals surface area contributed by atoms with Crippen LogP contribution in [0.25, 0.3) is 0 Å². The van der Waals surface area contributed by atoms with Gasteiger partial charge in [0.2, 0.25) is 10.0 Å². The van der Waals surface area contributed by atoms with E-state index in [4.69, 9.17) is 5.73 Å². The first-order chi connectivity index (χ1) is 8.32. The third kappa shape index (κ3) is 2.37. The Balaban J connectivity index is 2.48. The summed E-state index contributed by atoms with van der Waals surface area (Å²) in [4.78, 5) is -0.469. The van der Waals surface area contributed by atoms with Crippen LogP contribution in [0, 0.1) is 5.82 Å². The number of hydrogen-bond acceptors (Lipinski definition) is 4. The van der Waals surface area contributed by atoms with Crippen molar-refractivity contribution in [3.63, 3.8) is 0 Å². The quantitative estimate of drug-likeness (QED) is 0.785. The van der Waals surface area contributed by atoms with Gasteiger partial charge in [-0.15, -0.1) is 0 Å². The zero-order valence-corrected chi connectivity index (χ0v) is 11.7. The Labute approximate surface area is 113 Å². The molecule has 1 aliphatic heterocycles. The van der Waals surface area contributed by atoms with Crippen molar-refractivity contribution in [3.05, 3.63) is 22.4 Å². The van der Waals surface area contributed by atoms with Gasteiger partial charge < -0.3 is 10.8 Å². The van der Waals surface area contributed by atoms with Crippen molar-refractivity contribution >= 4 is 31.6 Å². The van der Waals surface area contributed by atoms with Crippen LogP contribution in [0.1, 0.15) is 6.42 Å². The zero-order valence-electron chi connectivity index (χ0n) is 9.31. The first-order valence-corrected chi connectivity index (χ1v) is 7.48. The molecule has 0 unspecified atom stereocenters. The van der Waals surface area contributed by atoms with Gasteiger partial charge in [-0.25, -0.2) is 12.8 Å². The fraction of sp³-hybridized carbons (Fsp3) is 0.400. The second-order valence-corrected chi connectivity index (χ2v) is 6.88. The van der Waals surface area contributed by atoms with Gasteiger partial charge in [0.15, 0.2) is 5.82 Å². The summed E-state index contributed by atoms with van der Waals surface area (Å²) in [6, 6.07) is 2.38. The molecule has 0 amide bonds. The first kappa shape index (κ1) is 13.7. The van der Waals surface area contributed by atoms with Gasteiger partial charge in [0.25, 0.3) is 0 Å². The molecule has 3 N–H and O–H groups in total. The largest absolute Gasteiger partial charge is 0.399 e. The normalized spacial score (nSPS) is 21.4. The van der Waals surface area contributed by atoms with Gasteiger partial charge in [0, 0.05) is 18.8 Å². The van der Waals surface area contributed by atoms with Gasteiger partial charge in [0.1, 0.15) is 4.90 Å². The topological polar surface area (TPSA) is 83.6 Å². The lowest BCUT2D eigenvalue weighted by Gasteiger charge is -2.17. The molecule has 0 bridgehead atoms. The Morgan fingerprint density at radius 2 is 2.17 bits per heavy atom. The molecule has 0 aliphatic carbocycles. The third-order valence-electron chi connectivity index (χ3n) is 2.76. The van der Waals surface area contributed by atoms with Crippen LogP contribution >= 0.6 is 15.9 Å². The van der Waals surface area contributed by atoms with Crippen molar-refractivity contribution in [1.29, 1.82) is 0 Å². The summed E-state index contributed by atoms with van der Waals surface area (Å²) >= 11 is 2.92. The standard InChI is InChI=1S/C10H12BrFN2O3S/c11-8-3-6(13)4-9(10(8)12)18(16,17)14-2-1-7(15)5-14/h3-4,7,15H,1-2,5,13H2/t7-/m1/s1. The van der Waals surface area contributed by atoms with E-state index in [2.05, 4.69) is 15.9 Å². The minimum absolute atomic E-state index is 0.000760. The SMILES string of the molecule is Nc1cc(Br)c(F)c(S(=O)(=O)N2CC[C@@H](O)C2)c1. The van der Waals surface area contributed by atoms with Crippen molar-refractivity contribution < 1.29 is 17.9 Å². The molecule has 1 atom stereocenters. The number of anilines is 1. The van der Waals surface area contributed by atoms with Crippen LogP contribution in [0.4, 0.5) is 10.1 Å². The van der Waals surface area contributed by atoms with Crippen LogP contribution < -0.4 is 5.73 Å². The summed E-state index contributed by atoms with van der Waals surface area (Å²) in [5, 5.41) is 9.35. The predicted octanol–water partition coefficient (Wildman–Crippen LogP) is 0.926. The minimum atomic E-state index is -3.96. The lowest BCUT2D eigenvalue weighted by molar-refractivity contribution is 0.189. The lowest BCUT2D eigenvalue weighted by Crippen LogP contribution is -2.30. The van der Waals surface area contributed by atoms with Crippen LogP contribution in [0.5, 0.6) is 0 Å². The maximum atomic E-state index is 13.9. The van der Waals surface area contributed by atoms with Crippen LogP contribution in [0.3, 0.4) is 0 Å². The molecule has 1 saturated heterocycles. The van der Waals surface area contributed by atoms with Gasteiger partial charge in [-0.2, -0.15) is 4.31 Å². The van der Waals surface area contributed by atoms with Gasteiger partial charge in [-0.05, 0) is 34.5 Å². The highest BCUT2D eigenvalue weighted by Crippen LogP contribution is 2.29. The fourth-order valence-corrected chi connectivity index (χ4v) is 4.06. The van der Waals surface area contributed by atoms with E-state index in [1.807, 2.05) is 0 Å². The Morgan fingerprint density at radius 1 is 1.50 bits per heavy atom. The average molecular weight is 339 g/mol. The van der Waals surface area contributed by atoms with Crippen LogP contribution in [0.2, 0.25) is 0 Å². The van der Waals surface area contributed by atoms with Gasteiger partial charge in [0.05, 0.1) is 10.6 Å². The summed E-state index contributed by atoms with van der Waals surface area (Å²) < 4.78 is 39.3. The number of nitrogens with two attached hydrogens (primary N) is 1. The Morgan fingerprint density at radius 3 is 2.72 bits per heavy atom. The number of aliphatic hydroxyl groups excluding tert-OH is 1. The van der Waals surface area contributed by atoms with Crippen molar-refractivity contribution in [2.45, 2.75) is 17.4 Å². The molecule has 1 fully saturated rings. The molecular weight excluding hydrogens is 327 g/mol. The van der Waals surface area contributed by atoms with E-state index >= 15 is 0 Å². The Hall–Kier alpha value is -0.700. The lowest BCUT2D eigenvalue weighted by atomic mass is 10.3. The molecule has 0 spiro atoms. The number of nitrogens with zero attached hydrogens (tertiary/aromatic N) is 1. The number of nitrogen functional groups attached to an aromatic ring is 1. The van der Waals surface area contributed by atoms with Gasteiger partial charge in [-0.1, -0.05) is 0 Å². The number of rotatable bonds is 2. The van der Waals surface area contributed by atoms with E-state index in [0.29, 0.717) is 6.42 Å². The zero-order chi connectivity index (χ0) is 13.5. The maximum absolute atomic E-state index is 13.9. The van der Waals surface area contributed by atoms with Crippen LogP contribution in [-0.2, 0) is 10.0 Å². The molecule has 1 heterocycles. The van der Waals surface area contributed by atoms with Crippen molar-refractivity contribution in [3.8, 4) is 0 Å². The highest BCUT2D eigenvalue weighted by Gasteiger charge is 2.34. The molecule has 1 aromatic carbocycles. The number of benzene rings is 1. The number of halogens is 2. The Bertz CT molecular complexity index is 579. The molecule has 18 heavy (non-hydrogen) atoms. The maximum Gasteiger partial charge on any atom is 0.246 e. The predicted molar refractivity (Wildman–Crippen MR) is 67.9 cm³/mol. The summed E-state index contributed by atoms with van der Waals surface area (Å²) in [6.07, 6.45) is -0.350. The third-order valence-corrected chi connectivity index (χ3v) is 5.20. The molecule has 0 aromatic heterocycles. The van der Waals surface area contributed by atoms with Gasteiger partial charge >= 0.3 is 0 Å². The van der Waals surface area contributed by atoms with Gasteiger partial charge in [-0.3, -0.25) is 0 Å². The number of β-amino-alcohol motifs (C(OH)–C–C–N with tert-alkyl or cyclic N) is 1. The van der Waals surface area contributed by atoms with Crippen molar-refractivity contribution in [2.24, 2.45) is 0 Å².